The van der Waals surface area contributed by atoms with Crippen LogP contribution in [0.4, 0.5) is 21.6 Å². The Hall–Kier alpha value is -2.69. The number of nitrogens with two attached hydrogens (primary N) is 1. The highest BCUT2D eigenvalue weighted by Crippen LogP contribution is 2.25. The maximum absolute atomic E-state index is 13.6. The molecule has 0 radical (unpaired) electrons. The zero-order valence-corrected chi connectivity index (χ0v) is 9.97. The van der Waals surface area contributed by atoms with Crippen LogP contribution in [0.3, 0.4) is 0 Å². The second kappa shape index (κ2) is 4.53. The van der Waals surface area contributed by atoms with Crippen LogP contribution in [0.5, 0.6) is 0 Å². The number of para-hydroxylation sites is 1. The normalized spacial score (nSPS) is 10.6. The number of nitrogens with one attached hydrogen (secondary N) is 1. The van der Waals surface area contributed by atoms with E-state index in [1.54, 1.807) is 36.4 Å². The number of aromatic nitrogens is 2. The summed E-state index contributed by atoms with van der Waals surface area (Å²) in [5, 5.41) is 3.72. The molecule has 0 saturated heterocycles. The molecular formula is C14H11FN4. The first-order valence-electron chi connectivity index (χ1n) is 5.76. The van der Waals surface area contributed by atoms with Crippen molar-refractivity contribution >= 4 is 28.1 Å². The molecule has 0 aliphatic heterocycles. The molecule has 5 heteroatoms. The molecule has 0 unspecified atom stereocenters. The molecule has 3 aromatic rings. The van der Waals surface area contributed by atoms with E-state index in [1.165, 1.54) is 12.4 Å². The summed E-state index contributed by atoms with van der Waals surface area (Å²) < 4.78 is 13.6. The third-order valence-corrected chi connectivity index (χ3v) is 2.79. The first-order chi connectivity index (χ1) is 9.24. The standard InChI is InChI=1S/C14H11FN4/c15-11-3-1-2-4-13(11)19-14-10-7-9(16)5-6-12(10)17-8-18-14/h1-8H,16H2,(H,17,18,19). The van der Waals surface area contributed by atoms with Crippen molar-refractivity contribution in [3.05, 3.63) is 54.6 Å². The Balaban J connectivity index is 2.10. The summed E-state index contributed by atoms with van der Waals surface area (Å²) in [5.74, 6) is 0.195. The second-order valence-electron chi connectivity index (χ2n) is 4.10. The van der Waals surface area contributed by atoms with Crippen molar-refractivity contribution in [2.75, 3.05) is 11.1 Å². The van der Waals surface area contributed by atoms with E-state index in [2.05, 4.69) is 15.3 Å². The lowest BCUT2D eigenvalue weighted by atomic mass is 10.2. The third-order valence-electron chi connectivity index (χ3n) is 2.79. The van der Waals surface area contributed by atoms with Crippen molar-refractivity contribution in [3.63, 3.8) is 0 Å². The molecule has 94 valence electrons. The van der Waals surface area contributed by atoms with Gasteiger partial charge in [0.05, 0.1) is 11.2 Å². The van der Waals surface area contributed by atoms with E-state index in [0.29, 0.717) is 17.2 Å². The van der Waals surface area contributed by atoms with Crippen molar-refractivity contribution in [1.82, 2.24) is 9.97 Å². The topological polar surface area (TPSA) is 63.8 Å². The number of benzene rings is 2. The Labute approximate surface area is 109 Å². The minimum Gasteiger partial charge on any atom is -0.399 e. The molecule has 3 rings (SSSR count). The molecule has 1 aromatic heterocycles. The molecule has 0 amide bonds. The molecule has 0 atom stereocenters. The van der Waals surface area contributed by atoms with E-state index in [1.807, 2.05) is 0 Å². The fourth-order valence-corrected chi connectivity index (χ4v) is 1.86. The number of hydrogen-bond donors (Lipinski definition) is 2. The van der Waals surface area contributed by atoms with Crippen molar-refractivity contribution in [3.8, 4) is 0 Å². The lowest BCUT2D eigenvalue weighted by Crippen LogP contribution is -1.98. The van der Waals surface area contributed by atoms with Gasteiger partial charge in [0.25, 0.3) is 0 Å². The van der Waals surface area contributed by atoms with Gasteiger partial charge in [-0.25, -0.2) is 14.4 Å². The lowest BCUT2D eigenvalue weighted by molar-refractivity contribution is 0.632. The first kappa shape index (κ1) is 11.4. The van der Waals surface area contributed by atoms with Crippen LogP contribution in [0, 0.1) is 5.82 Å². The van der Waals surface area contributed by atoms with Crippen molar-refractivity contribution in [2.24, 2.45) is 0 Å². The molecule has 0 aliphatic rings. The minimum absolute atomic E-state index is 0.335. The van der Waals surface area contributed by atoms with E-state index in [9.17, 15) is 4.39 Å². The molecule has 2 aromatic carbocycles. The van der Waals surface area contributed by atoms with Crippen LogP contribution < -0.4 is 11.1 Å². The quantitative estimate of drug-likeness (QED) is 0.690. The van der Waals surface area contributed by atoms with Gasteiger partial charge in [-0.3, -0.25) is 0 Å². The van der Waals surface area contributed by atoms with Crippen LogP contribution in [0.1, 0.15) is 0 Å². The van der Waals surface area contributed by atoms with Crippen molar-refractivity contribution in [2.45, 2.75) is 0 Å². The van der Waals surface area contributed by atoms with E-state index in [4.69, 9.17) is 5.73 Å². The van der Waals surface area contributed by atoms with Gasteiger partial charge in [-0.1, -0.05) is 12.1 Å². The zero-order chi connectivity index (χ0) is 13.2. The highest BCUT2D eigenvalue weighted by atomic mass is 19.1. The highest BCUT2D eigenvalue weighted by molar-refractivity contribution is 5.92. The number of fused-ring (bicyclic) bond motifs is 1. The Morgan fingerprint density at radius 2 is 1.89 bits per heavy atom. The van der Waals surface area contributed by atoms with Gasteiger partial charge < -0.3 is 11.1 Å². The number of nitrogen functional groups attached to an aromatic ring is 1. The fourth-order valence-electron chi connectivity index (χ4n) is 1.86. The summed E-state index contributed by atoms with van der Waals surface area (Å²) in [4.78, 5) is 8.29. The molecule has 1 heterocycles. The Morgan fingerprint density at radius 3 is 2.74 bits per heavy atom. The van der Waals surface area contributed by atoms with Crippen LogP contribution in [-0.2, 0) is 0 Å². The van der Waals surface area contributed by atoms with E-state index in [0.717, 1.165) is 10.9 Å². The smallest absolute Gasteiger partial charge is 0.146 e. The summed E-state index contributed by atoms with van der Waals surface area (Å²) in [6, 6.07) is 11.8. The van der Waals surface area contributed by atoms with Crippen LogP contribution >= 0.6 is 0 Å². The van der Waals surface area contributed by atoms with Gasteiger partial charge in [0.2, 0.25) is 0 Å². The monoisotopic (exact) mass is 254 g/mol. The average molecular weight is 254 g/mol. The van der Waals surface area contributed by atoms with Gasteiger partial charge in [-0.15, -0.1) is 0 Å². The Bertz CT molecular complexity index is 742. The SMILES string of the molecule is Nc1ccc2ncnc(Nc3ccccc3F)c2c1. The second-order valence-corrected chi connectivity index (χ2v) is 4.10. The van der Waals surface area contributed by atoms with Gasteiger partial charge in [-0.2, -0.15) is 0 Å². The summed E-state index contributed by atoms with van der Waals surface area (Å²) in [6.07, 6.45) is 1.43. The van der Waals surface area contributed by atoms with Crippen LogP contribution in [0.25, 0.3) is 10.9 Å². The number of nitrogens with zero attached hydrogens (tertiary/aromatic N) is 2. The van der Waals surface area contributed by atoms with Gasteiger partial charge in [-0.05, 0) is 30.3 Å². The van der Waals surface area contributed by atoms with Gasteiger partial charge >= 0.3 is 0 Å². The molecule has 19 heavy (non-hydrogen) atoms. The molecule has 0 fully saturated rings. The molecule has 0 spiro atoms. The summed E-state index contributed by atoms with van der Waals surface area (Å²) in [5.41, 5.74) is 7.49. The largest absolute Gasteiger partial charge is 0.399 e. The van der Waals surface area contributed by atoms with E-state index in [-0.39, 0.29) is 5.82 Å². The predicted molar refractivity (Wildman–Crippen MR) is 73.6 cm³/mol. The minimum atomic E-state index is -0.335. The maximum Gasteiger partial charge on any atom is 0.146 e. The van der Waals surface area contributed by atoms with Gasteiger partial charge in [0.15, 0.2) is 0 Å². The van der Waals surface area contributed by atoms with E-state index >= 15 is 0 Å². The first-order valence-corrected chi connectivity index (χ1v) is 5.76. The van der Waals surface area contributed by atoms with E-state index < -0.39 is 0 Å². The molecular weight excluding hydrogens is 243 g/mol. The lowest BCUT2D eigenvalue weighted by Gasteiger charge is -2.09. The zero-order valence-electron chi connectivity index (χ0n) is 9.97. The third kappa shape index (κ3) is 2.18. The van der Waals surface area contributed by atoms with Crippen LogP contribution in [0.2, 0.25) is 0 Å². The Kier molecular flexibility index (Phi) is 2.72. The molecule has 4 nitrogen and oxygen atoms in total. The number of hydrogen-bond acceptors (Lipinski definition) is 4. The predicted octanol–water partition coefficient (Wildman–Crippen LogP) is 3.09. The average Bonchev–Trinajstić information content (AvgIpc) is 2.42. The summed E-state index contributed by atoms with van der Waals surface area (Å²) >= 11 is 0. The van der Waals surface area contributed by atoms with Crippen molar-refractivity contribution < 1.29 is 4.39 Å². The van der Waals surface area contributed by atoms with Crippen LogP contribution in [0.15, 0.2) is 48.8 Å². The highest BCUT2D eigenvalue weighted by Gasteiger charge is 2.06. The molecule has 0 saturated carbocycles. The number of halogens is 1. The van der Waals surface area contributed by atoms with Gasteiger partial charge in [0, 0.05) is 11.1 Å². The molecule has 0 bridgehead atoms. The molecule has 0 aliphatic carbocycles. The summed E-state index contributed by atoms with van der Waals surface area (Å²) in [7, 11) is 0. The van der Waals surface area contributed by atoms with Crippen LogP contribution in [-0.4, -0.2) is 9.97 Å². The fraction of sp³-hybridized carbons (Fsp3) is 0. The number of anilines is 3. The molecule has 3 N–H and O–H groups in total. The summed E-state index contributed by atoms with van der Waals surface area (Å²) in [6.45, 7) is 0. The Morgan fingerprint density at radius 1 is 1.05 bits per heavy atom. The van der Waals surface area contributed by atoms with Crippen molar-refractivity contribution in [1.29, 1.82) is 0 Å². The van der Waals surface area contributed by atoms with Gasteiger partial charge in [0.1, 0.15) is 18.0 Å². The maximum atomic E-state index is 13.6. The number of rotatable bonds is 2.